The van der Waals surface area contributed by atoms with Gasteiger partial charge in [-0.1, -0.05) is 127 Å². The number of nitrogens with zero attached hydrogens (tertiary/aromatic N) is 5. The maximum Gasteiger partial charge on any atom is 0.164 e. The van der Waals surface area contributed by atoms with Gasteiger partial charge in [0.1, 0.15) is 11.2 Å². The highest BCUT2D eigenvalue weighted by Gasteiger charge is 2.24. The molecule has 266 valence electrons. The van der Waals surface area contributed by atoms with E-state index in [9.17, 15) is 0 Å². The van der Waals surface area contributed by atoms with Gasteiger partial charge < -0.3 is 13.6 Å². The average Bonchev–Trinajstić information content (AvgIpc) is 3.95. The highest BCUT2D eigenvalue weighted by Crippen LogP contribution is 2.46. The molecule has 0 radical (unpaired) electrons. The van der Waals surface area contributed by atoms with E-state index in [1.807, 2.05) is 66.7 Å². The van der Waals surface area contributed by atoms with Gasteiger partial charge in [-0.3, -0.25) is 0 Å². The third kappa shape index (κ3) is 4.81. The lowest BCUT2D eigenvalue weighted by atomic mass is 10.0. The van der Waals surface area contributed by atoms with E-state index in [0.717, 1.165) is 77.5 Å². The summed E-state index contributed by atoms with van der Waals surface area (Å²) < 4.78 is 11.3. The second kappa shape index (κ2) is 12.3. The number of hydrogen-bond acceptors (Lipinski definition) is 4. The first-order valence-electron chi connectivity index (χ1n) is 19.1. The van der Waals surface area contributed by atoms with Gasteiger partial charge in [-0.2, -0.15) is 0 Å². The summed E-state index contributed by atoms with van der Waals surface area (Å²) in [5.41, 5.74) is 11.2. The van der Waals surface area contributed by atoms with Crippen molar-refractivity contribution in [3.05, 3.63) is 188 Å². The second-order valence-corrected chi connectivity index (χ2v) is 14.4. The van der Waals surface area contributed by atoms with Crippen molar-refractivity contribution in [3.8, 4) is 45.5 Å². The van der Waals surface area contributed by atoms with E-state index in [0.29, 0.717) is 17.5 Å². The average molecular weight is 730 g/mol. The molecule has 6 heteroatoms. The number of para-hydroxylation sites is 3. The molecule has 12 rings (SSSR count). The second-order valence-electron chi connectivity index (χ2n) is 14.4. The zero-order valence-corrected chi connectivity index (χ0v) is 30.5. The van der Waals surface area contributed by atoms with E-state index in [-0.39, 0.29) is 0 Å². The quantitative estimate of drug-likeness (QED) is 0.177. The Labute approximate surface area is 326 Å². The van der Waals surface area contributed by atoms with Crippen molar-refractivity contribution >= 4 is 65.6 Å². The van der Waals surface area contributed by atoms with Crippen LogP contribution >= 0.6 is 0 Å². The molecule has 8 aromatic carbocycles. The molecule has 12 aromatic rings. The summed E-state index contributed by atoms with van der Waals surface area (Å²) in [7, 11) is 0. The number of hydrogen-bond donors (Lipinski definition) is 0. The lowest BCUT2D eigenvalue weighted by Gasteiger charge is -2.12. The molecule has 0 saturated heterocycles. The lowest BCUT2D eigenvalue weighted by molar-refractivity contribution is 0.669. The summed E-state index contributed by atoms with van der Waals surface area (Å²) in [5, 5.41) is 6.98. The zero-order valence-electron chi connectivity index (χ0n) is 30.5. The SMILES string of the molecule is c1ccc(-c2nc(-c3ccccc3)nc(-c3cccc(-n4c5ccc6oc7ccccc7c6c5c5c6c7ccccc7n(-c7ccccc7)c6ccc54)c3)n2)cc1. The minimum atomic E-state index is 0.613. The van der Waals surface area contributed by atoms with Gasteiger partial charge in [0.15, 0.2) is 17.5 Å². The third-order valence-corrected chi connectivity index (χ3v) is 11.1. The van der Waals surface area contributed by atoms with Gasteiger partial charge in [-0.25, -0.2) is 15.0 Å². The Morgan fingerprint density at radius 1 is 0.316 bits per heavy atom. The molecule has 0 amide bonds. The van der Waals surface area contributed by atoms with Gasteiger partial charge >= 0.3 is 0 Å². The van der Waals surface area contributed by atoms with Crippen LogP contribution in [-0.4, -0.2) is 24.1 Å². The third-order valence-electron chi connectivity index (χ3n) is 11.1. The van der Waals surface area contributed by atoms with Crippen LogP contribution in [0.5, 0.6) is 0 Å². The summed E-state index contributed by atoms with van der Waals surface area (Å²) >= 11 is 0. The number of rotatable bonds is 5. The predicted octanol–water partition coefficient (Wildman–Crippen LogP) is 13.0. The molecule has 57 heavy (non-hydrogen) atoms. The van der Waals surface area contributed by atoms with Crippen molar-refractivity contribution in [3.63, 3.8) is 0 Å². The van der Waals surface area contributed by atoms with Crippen LogP contribution in [-0.2, 0) is 0 Å². The molecule has 4 heterocycles. The molecule has 6 nitrogen and oxygen atoms in total. The van der Waals surface area contributed by atoms with Crippen LogP contribution in [0.4, 0.5) is 0 Å². The molecule has 0 unspecified atom stereocenters. The van der Waals surface area contributed by atoms with E-state index in [1.165, 1.54) is 16.2 Å². The van der Waals surface area contributed by atoms with Crippen LogP contribution in [0.1, 0.15) is 0 Å². The summed E-state index contributed by atoms with van der Waals surface area (Å²) in [5.74, 6) is 1.88. The largest absolute Gasteiger partial charge is 0.456 e. The molecule has 0 aliphatic rings. The molecule has 0 atom stereocenters. The Kier molecular flexibility index (Phi) is 6.83. The van der Waals surface area contributed by atoms with Gasteiger partial charge in [-0.05, 0) is 60.7 Å². The van der Waals surface area contributed by atoms with Crippen molar-refractivity contribution in [2.24, 2.45) is 0 Å². The van der Waals surface area contributed by atoms with Crippen molar-refractivity contribution < 1.29 is 4.42 Å². The van der Waals surface area contributed by atoms with E-state index in [2.05, 4.69) is 130 Å². The number of furan rings is 1. The molecule has 0 fully saturated rings. The Bertz CT molecular complexity index is 3450. The highest BCUT2D eigenvalue weighted by atomic mass is 16.3. The fraction of sp³-hybridized carbons (Fsp3) is 0. The standard InChI is InChI=1S/C51H31N5O/c1-4-15-32(16-5-1)49-52-50(33-17-6-2-7-18-33)54-51(53-49)34-19-14-22-36(31-34)56-41-28-27-40-45(37-23-10-12-25-39(37)55(40)35-20-8-3-9-21-35)47(41)48-42(56)29-30-44-46(48)38-24-11-13-26-43(38)57-44/h1-31H. The maximum absolute atomic E-state index is 6.53. The van der Waals surface area contributed by atoms with E-state index in [1.54, 1.807) is 0 Å². The Morgan fingerprint density at radius 3 is 1.51 bits per heavy atom. The minimum Gasteiger partial charge on any atom is -0.456 e. The summed E-state index contributed by atoms with van der Waals surface area (Å²) in [6, 6.07) is 65.4. The topological polar surface area (TPSA) is 61.7 Å². The van der Waals surface area contributed by atoms with Gasteiger partial charge in [0, 0.05) is 60.4 Å². The van der Waals surface area contributed by atoms with E-state index < -0.39 is 0 Å². The monoisotopic (exact) mass is 729 g/mol. The first kappa shape index (κ1) is 31.5. The van der Waals surface area contributed by atoms with Crippen molar-refractivity contribution in [2.75, 3.05) is 0 Å². The first-order chi connectivity index (χ1) is 28.3. The van der Waals surface area contributed by atoms with Crippen molar-refractivity contribution in [1.29, 1.82) is 0 Å². The van der Waals surface area contributed by atoms with Crippen LogP contribution in [0.2, 0.25) is 0 Å². The van der Waals surface area contributed by atoms with Gasteiger partial charge in [-0.15, -0.1) is 0 Å². The molecular formula is C51H31N5O. The van der Waals surface area contributed by atoms with Crippen molar-refractivity contribution in [1.82, 2.24) is 24.1 Å². The molecule has 0 aliphatic heterocycles. The maximum atomic E-state index is 6.53. The van der Waals surface area contributed by atoms with Gasteiger partial charge in [0.25, 0.3) is 0 Å². The highest BCUT2D eigenvalue weighted by molar-refractivity contribution is 6.35. The number of fused-ring (bicyclic) bond motifs is 11. The van der Waals surface area contributed by atoms with Crippen LogP contribution in [0.25, 0.3) is 111 Å². The summed E-state index contributed by atoms with van der Waals surface area (Å²) in [6.45, 7) is 0. The van der Waals surface area contributed by atoms with E-state index >= 15 is 0 Å². The molecular weight excluding hydrogens is 699 g/mol. The van der Waals surface area contributed by atoms with E-state index in [4.69, 9.17) is 19.4 Å². The first-order valence-corrected chi connectivity index (χ1v) is 19.1. The lowest BCUT2D eigenvalue weighted by Crippen LogP contribution is -2.01. The Balaban J connectivity index is 1.18. The van der Waals surface area contributed by atoms with Gasteiger partial charge in [0.2, 0.25) is 0 Å². The molecule has 0 saturated carbocycles. The van der Waals surface area contributed by atoms with Crippen molar-refractivity contribution in [2.45, 2.75) is 0 Å². The normalized spacial score (nSPS) is 11.9. The van der Waals surface area contributed by atoms with Crippen LogP contribution < -0.4 is 0 Å². The minimum absolute atomic E-state index is 0.613. The number of aromatic nitrogens is 5. The van der Waals surface area contributed by atoms with Crippen LogP contribution in [0.3, 0.4) is 0 Å². The molecule has 0 N–H and O–H groups in total. The Hall–Kier alpha value is -7.83. The van der Waals surface area contributed by atoms with Crippen LogP contribution in [0.15, 0.2) is 192 Å². The smallest absolute Gasteiger partial charge is 0.164 e. The zero-order chi connectivity index (χ0) is 37.5. The molecule has 0 spiro atoms. The fourth-order valence-electron chi connectivity index (χ4n) is 8.72. The fourth-order valence-corrected chi connectivity index (χ4v) is 8.72. The summed E-state index contributed by atoms with van der Waals surface area (Å²) in [4.78, 5) is 15.1. The summed E-state index contributed by atoms with van der Waals surface area (Å²) in [6.07, 6.45) is 0. The molecule has 0 bridgehead atoms. The Morgan fingerprint density at radius 2 is 0.807 bits per heavy atom. The van der Waals surface area contributed by atoms with Gasteiger partial charge in [0.05, 0.1) is 22.1 Å². The van der Waals surface area contributed by atoms with Crippen LogP contribution in [0, 0.1) is 0 Å². The molecule has 0 aliphatic carbocycles. The molecule has 4 aromatic heterocycles. The predicted molar refractivity (Wildman–Crippen MR) is 232 cm³/mol. The number of benzene rings is 8.